The van der Waals surface area contributed by atoms with Gasteiger partial charge in [-0.25, -0.2) is 4.98 Å². The number of hydrogen-bond donors (Lipinski definition) is 1. The Hall–Kier alpha value is -1.91. The number of aromatic nitrogens is 2. The van der Waals surface area contributed by atoms with Gasteiger partial charge in [0.1, 0.15) is 0 Å². The van der Waals surface area contributed by atoms with E-state index in [9.17, 15) is 0 Å². The molecule has 3 aromatic rings. The first-order valence-corrected chi connectivity index (χ1v) is 8.37. The highest BCUT2D eigenvalue weighted by Gasteiger charge is 2.10. The van der Waals surface area contributed by atoms with Gasteiger partial charge in [0.05, 0.1) is 4.88 Å². The van der Waals surface area contributed by atoms with Gasteiger partial charge in [0, 0.05) is 41.3 Å². The largest absolute Gasteiger partial charge is 0.362 e. The lowest BCUT2D eigenvalue weighted by atomic mass is 10.0. The molecule has 22 heavy (non-hydrogen) atoms. The van der Waals surface area contributed by atoms with Crippen LogP contribution in [-0.2, 0) is 0 Å². The van der Waals surface area contributed by atoms with Crippen molar-refractivity contribution in [1.29, 1.82) is 0 Å². The molecule has 112 valence electrons. The lowest BCUT2D eigenvalue weighted by Gasteiger charge is -2.07. The fourth-order valence-electron chi connectivity index (χ4n) is 2.18. The average Bonchev–Trinajstić information content (AvgIpc) is 3.02. The van der Waals surface area contributed by atoms with Crippen molar-refractivity contribution >= 4 is 28.1 Å². The van der Waals surface area contributed by atoms with Crippen LogP contribution in [0.3, 0.4) is 0 Å². The van der Waals surface area contributed by atoms with Gasteiger partial charge in [-0.3, -0.25) is 4.98 Å². The Kier molecular flexibility index (Phi) is 4.71. The van der Waals surface area contributed by atoms with E-state index in [1.165, 1.54) is 0 Å². The van der Waals surface area contributed by atoms with Crippen LogP contribution in [0.4, 0.5) is 5.13 Å². The molecule has 0 aliphatic heterocycles. The van der Waals surface area contributed by atoms with Crippen LogP contribution in [0.25, 0.3) is 21.6 Å². The molecule has 0 aliphatic carbocycles. The molecule has 3 rings (SSSR count). The third-order valence-corrected chi connectivity index (χ3v) is 4.51. The van der Waals surface area contributed by atoms with Crippen LogP contribution in [-0.4, -0.2) is 16.5 Å². The van der Waals surface area contributed by atoms with E-state index in [-0.39, 0.29) is 0 Å². The number of hydrogen-bond acceptors (Lipinski definition) is 4. The minimum Gasteiger partial charge on any atom is -0.362 e. The number of thiazole rings is 1. The van der Waals surface area contributed by atoms with E-state index in [1.54, 1.807) is 11.3 Å². The van der Waals surface area contributed by atoms with E-state index in [4.69, 9.17) is 11.6 Å². The highest BCUT2D eigenvalue weighted by atomic mass is 35.5. The van der Waals surface area contributed by atoms with Gasteiger partial charge in [-0.2, -0.15) is 0 Å². The second-order valence-electron chi connectivity index (χ2n) is 4.88. The summed E-state index contributed by atoms with van der Waals surface area (Å²) in [6.07, 6.45) is 6.70. The van der Waals surface area contributed by atoms with Crippen LogP contribution >= 0.6 is 22.9 Å². The Morgan fingerprint density at radius 1 is 1.09 bits per heavy atom. The van der Waals surface area contributed by atoms with Crippen LogP contribution in [0, 0.1) is 0 Å². The standard InChI is InChI=1S/C17H16ClN3S/c1-2-8-20-17-21-11-16(22-17)14-7-9-19-10-15(14)12-3-5-13(18)6-4-12/h3-7,9-11H,2,8H2,1H3,(H,20,21). The molecule has 0 atom stereocenters. The van der Waals surface area contributed by atoms with Crippen LogP contribution in [0.2, 0.25) is 5.02 Å². The van der Waals surface area contributed by atoms with Gasteiger partial charge in [-0.1, -0.05) is 42.0 Å². The van der Waals surface area contributed by atoms with E-state index >= 15 is 0 Å². The zero-order chi connectivity index (χ0) is 15.4. The molecule has 0 unspecified atom stereocenters. The third kappa shape index (κ3) is 3.29. The van der Waals surface area contributed by atoms with Crippen LogP contribution in [0.1, 0.15) is 13.3 Å². The summed E-state index contributed by atoms with van der Waals surface area (Å²) in [5.41, 5.74) is 3.33. The molecular weight excluding hydrogens is 314 g/mol. The SMILES string of the molecule is CCCNc1ncc(-c2ccncc2-c2ccc(Cl)cc2)s1. The van der Waals surface area contributed by atoms with E-state index in [0.717, 1.165) is 44.7 Å². The fraction of sp³-hybridized carbons (Fsp3) is 0.176. The van der Waals surface area contributed by atoms with Crippen molar-refractivity contribution in [2.45, 2.75) is 13.3 Å². The van der Waals surface area contributed by atoms with E-state index in [0.29, 0.717) is 0 Å². The number of pyridine rings is 1. The first-order valence-electron chi connectivity index (χ1n) is 7.18. The second kappa shape index (κ2) is 6.90. The molecule has 2 aromatic heterocycles. The summed E-state index contributed by atoms with van der Waals surface area (Å²) in [6.45, 7) is 3.08. The molecular formula is C17H16ClN3S. The number of nitrogens with one attached hydrogen (secondary N) is 1. The molecule has 0 fully saturated rings. The van der Waals surface area contributed by atoms with E-state index < -0.39 is 0 Å². The molecule has 0 amide bonds. The predicted molar refractivity (Wildman–Crippen MR) is 94.6 cm³/mol. The summed E-state index contributed by atoms with van der Waals surface area (Å²) in [7, 11) is 0. The molecule has 1 aromatic carbocycles. The molecule has 3 nitrogen and oxygen atoms in total. The lowest BCUT2D eigenvalue weighted by molar-refractivity contribution is 0.976. The Bertz CT molecular complexity index is 753. The van der Waals surface area contributed by atoms with Gasteiger partial charge >= 0.3 is 0 Å². The predicted octanol–water partition coefficient (Wildman–Crippen LogP) is 5.35. The quantitative estimate of drug-likeness (QED) is 0.685. The van der Waals surface area contributed by atoms with Gasteiger partial charge in [0.25, 0.3) is 0 Å². The maximum atomic E-state index is 5.98. The smallest absolute Gasteiger partial charge is 0.183 e. The molecule has 0 aliphatic rings. The summed E-state index contributed by atoms with van der Waals surface area (Å²) in [6, 6.07) is 9.85. The number of anilines is 1. The topological polar surface area (TPSA) is 37.8 Å². The molecule has 0 bridgehead atoms. The Balaban J connectivity index is 1.97. The van der Waals surface area contributed by atoms with Crippen molar-refractivity contribution in [3.8, 4) is 21.6 Å². The summed E-state index contributed by atoms with van der Waals surface area (Å²) in [5, 5.41) is 5.01. The lowest BCUT2D eigenvalue weighted by Crippen LogP contribution is -1.97. The van der Waals surface area contributed by atoms with Gasteiger partial charge in [0.15, 0.2) is 5.13 Å². The van der Waals surface area contributed by atoms with Gasteiger partial charge in [-0.05, 0) is 30.2 Å². The molecule has 5 heteroatoms. The summed E-state index contributed by atoms with van der Waals surface area (Å²) in [4.78, 5) is 9.84. The Labute approximate surface area is 139 Å². The second-order valence-corrected chi connectivity index (χ2v) is 6.35. The first-order chi connectivity index (χ1) is 10.8. The molecule has 1 N–H and O–H groups in total. The summed E-state index contributed by atoms with van der Waals surface area (Å²) < 4.78 is 0. The zero-order valence-electron chi connectivity index (χ0n) is 12.2. The highest BCUT2D eigenvalue weighted by Crippen LogP contribution is 2.36. The molecule has 2 heterocycles. The monoisotopic (exact) mass is 329 g/mol. The highest BCUT2D eigenvalue weighted by molar-refractivity contribution is 7.18. The molecule has 0 saturated heterocycles. The van der Waals surface area contributed by atoms with Crippen molar-refractivity contribution in [3.63, 3.8) is 0 Å². The molecule has 0 spiro atoms. The maximum Gasteiger partial charge on any atom is 0.183 e. The minimum absolute atomic E-state index is 0.734. The maximum absolute atomic E-state index is 5.98. The van der Waals surface area contributed by atoms with E-state index in [2.05, 4.69) is 22.2 Å². The van der Waals surface area contributed by atoms with Crippen molar-refractivity contribution in [2.75, 3.05) is 11.9 Å². The number of benzene rings is 1. The molecule has 0 radical (unpaired) electrons. The summed E-state index contributed by atoms with van der Waals surface area (Å²) in [5.74, 6) is 0. The van der Waals surface area contributed by atoms with Gasteiger partial charge < -0.3 is 5.32 Å². The number of nitrogens with zero attached hydrogens (tertiary/aromatic N) is 2. The van der Waals surface area contributed by atoms with Crippen molar-refractivity contribution in [2.24, 2.45) is 0 Å². The Morgan fingerprint density at radius 3 is 2.68 bits per heavy atom. The van der Waals surface area contributed by atoms with Crippen LogP contribution in [0.15, 0.2) is 48.9 Å². The molecule has 0 saturated carbocycles. The first kappa shape index (κ1) is 15.0. The van der Waals surface area contributed by atoms with Crippen molar-refractivity contribution in [1.82, 2.24) is 9.97 Å². The average molecular weight is 330 g/mol. The van der Waals surface area contributed by atoms with Gasteiger partial charge in [-0.15, -0.1) is 0 Å². The third-order valence-electron chi connectivity index (χ3n) is 3.27. The summed E-state index contributed by atoms with van der Waals surface area (Å²) >= 11 is 7.64. The van der Waals surface area contributed by atoms with Crippen LogP contribution in [0.5, 0.6) is 0 Å². The number of halogens is 1. The number of rotatable bonds is 5. The van der Waals surface area contributed by atoms with E-state index in [1.807, 2.05) is 48.9 Å². The van der Waals surface area contributed by atoms with Crippen LogP contribution < -0.4 is 5.32 Å². The van der Waals surface area contributed by atoms with Crippen molar-refractivity contribution in [3.05, 3.63) is 53.9 Å². The minimum atomic E-state index is 0.734. The van der Waals surface area contributed by atoms with Gasteiger partial charge in [0.2, 0.25) is 0 Å². The normalized spacial score (nSPS) is 10.6. The Morgan fingerprint density at radius 2 is 1.91 bits per heavy atom. The van der Waals surface area contributed by atoms with Crippen molar-refractivity contribution < 1.29 is 0 Å². The zero-order valence-corrected chi connectivity index (χ0v) is 13.8. The fourth-order valence-corrected chi connectivity index (χ4v) is 3.19.